The normalized spacial score (nSPS) is 18.6. The summed E-state index contributed by atoms with van der Waals surface area (Å²) in [6.45, 7) is 6.21. The number of hydrogen-bond acceptors (Lipinski definition) is 2. The van der Waals surface area contributed by atoms with Gasteiger partial charge < -0.3 is 5.32 Å². The maximum atomic E-state index is 12.8. The highest BCUT2D eigenvalue weighted by atomic mass is 16.1. The lowest BCUT2D eigenvalue weighted by Crippen LogP contribution is -2.41. The summed E-state index contributed by atoms with van der Waals surface area (Å²) in [5.41, 5.74) is 2.02. The molecule has 1 aliphatic rings. The van der Waals surface area contributed by atoms with Gasteiger partial charge in [-0.25, -0.2) is 0 Å². The molecular weight excluding hydrogens is 222 g/mol. The molecule has 1 fully saturated rings. The Morgan fingerprint density at radius 2 is 2.00 bits per heavy atom. The second kappa shape index (κ2) is 5.66. The molecule has 0 saturated carbocycles. The van der Waals surface area contributed by atoms with Crippen LogP contribution in [0, 0.1) is 5.41 Å². The van der Waals surface area contributed by atoms with E-state index in [1.54, 1.807) is 0 Å². The molecule has 2 rings (SSSR count). The molecular formula is C16H23NO. The number of hydrogen-bond donors (Lipinski definition) is 1. The highest BCUT2D eigenvalue weighted by Gasteiger charge is 2.37. The molecule has 0 aromatic heterocycles. The largest absolute Gasteiger partial charge is 0.317 e. The molecule has 0 radical (unpaired) electrons. The van der Waals surface area contributed by atoms with Crippen LogP contribution in [0.2, 0.25) is 0 Å². The average Bonchev–Trinajstić information content (AvgIpc) is 2.47. The Bertz CT molecular complexity index is 419. The van der Waals surface area contributed by atoms with Gasteiger partial charge in [0.15, 0.2) is 5.78 Å². The minimum absolute atomic E-state index is 0.127. The van der Waals surface area contributed by atoms with Crippen LogP contribution in [0.3, 0.4) is 0 Å². The van der Waals surface area contributed by atoms with Crippen molar-refractivity contribution in [1.29, 1.82) is 0 Å². The average molecular weight is 245 g/mol. The SMILES string of the molecule is CCc1cccc(C(=O)C2(CC)CCNCC2)c1. The molecule has 0 spiro atoms. The topological polar surface area (TPSA) is 29.1 Å². The van der Waals surface area contributed by atoms with Crippen LogP contribution in [-0.2, 0) is 6.42 Å². The molecule has 0 atom stereocenters. The van der Waals surface area contributed by atoms with Gasteiger partial charge in [0.25, 0.3) is 0 Å². The lowest BCUT2D eigenvalue weighted by Gasteiger charge is -2.35. The standard InChI is InChI=1S/C16H23NO/c1-3-13-6-5-7-14(12-13)15(18)16(4-2)8-10-17-11-9-16/h5-7,12,17H,3-4,8-11H2,1-2H3. The Labute approximate surface area is 110 Å². The van der Waals surface area contributed by atoms with Crippen LogP contribution in [0.4, 0.5) is 0 Å². The zero-order valence-corrected chi connectivity index (χ0v) is 11.5. The summed E-state index contributed by atoms with van der Waals surface area (Å²) in [6.07, 6.45) is 3.88. The van der Waals surface area contributed by atoms with Gasteiger partial charge in [0, 0.05) is 11.0 Å². The third-order valence-corrected chi connectivity index (χ3v) is 4.32. The molecule has 1 saturated heterocycles. The van der Waals surface area contributed by atoms with Crippen molar-refractivity contribution < 1.29 is 4.79 Å². The number of rotatable bonds is 4. The Morgan fingerprint density at radius 3 is 2.61 bits per heavy atom. The number of aryl methyl sites for hydroxylation is 1. The number of nitrogens with one attached hydrogen (secondary N) is 1. The summed E-state index contributed by atoms with van der Waals surface area (Å²) in [4.78, 5) is 12.8. The fraction of sp³-hybridized carbons (Fsp3) is 0.562. The smallest absolute Gasteiger partial charge is 0.169 e. The Hall–Kier alpha value is -1.15. The molecule has 0 aliphatic carbocycles. The molecule has 2 nitrogen and oxygen atoms in total. The third-order valence-electron chi connectivity index (χ3n) is 4.32. The summed E-state index contributed by atoms with van der Waals surface area (Å²) >= 11 is 0. The molecule has 18 heavy (non-hydrogen) atoms. The van der Waals surface area contributed by atoms with Crippen molar-refractivity contribution in [2.45, 2.75) is 39.5 Å². The summed E-state index contributed by atoms with van der Waals surface area (Å²) in [7, 11) is 0. The summed E-state index contributed by atoms with van der Waals surface area (Å²) in [5, 5.41) is 3.35. The summed E-state index contributed by atoms with van der Waals surface area (Å²) in [5.74, 6) is 0.349. The van der Waals surface area contributed by atoms with Gasteiger partial charge in [0.05, 0.1) is 0 Å². The molecule has 98 valence electrons. The van der Waals surface area contributed by atoms with Crippen molar-refractivity contribution >= 4 is 5.78 Å². The summed E-state index contributed by atoms with van der Waals surface area (Å²) in [6, 6.07) is 8.15. The van der Waals surface area contributed by atoms with Gasteiger partial charge in [0.2, 0.25) is 0 Å². The quantitative estimate of drug-likeness (QED) is 0.825. The van der Waals surface area contributed by atoms with Crippen LogP contribution >= 0.6 is 0 Å². The molecule has 1 N–H and O–H groups in total. The van der Waals surface area contributed by atoms with E-state index >= 15 is 0 Å². The lowest BCUT2D eigenvalue weighted by atomic mass is 9.71. The van der Waals surface area contributed by atoms with Crippen LogP contribution in [0.1, 0.15) is 49.0 Å². The van der Waals surface area contributed by atoms with Crippen molar-refractivity contribution in [2.75, 3.05) is 13.1 Å². The van der Waals surface area contributed by atoms with Crippen molar-refractivity contribution in [3.8, 4) is 0 Å². The van der Waals surface area contributed by atoms with Gasteiger partial charge >= 0.3 is 0 Å². The van der Waals surface area contributed by atoms with Crippen LogP contribution in [0.15, 0.2) is 24.3 Å². The summed E-state index contributed by atoms with van der Waals surface area (Å²) < 4.78 is 0. The van der Waals surface area contributed by atoms with Gasteiger partial charge in [-0.2, -0.15) is 0 Å². The molecule has 1 aliphatic heterocycles. The molecule has 2 heteroatoms. The van der Waals surface area contributed by atoms with Crippen LogP contribution in [0.25, 0.3) is 0 Å². The number of piperidine rings is 1. The predicted molar refractivity (Wildman–Crippen MR) is 75.0 cm³/mol. The number of ketones is 1. The second-order valence-corrected chi connectivity index (χ2v) is 5.27. The van der Waals surface area contributed by atoms with Crippen LogP contribution in [-0.4, -0.2) is 18.9 Å². The Morgan fingerprint density at radius 1 is 1.28 bits per heavy atom. The van der Waals surface area contributed by atoms with E-state index in [4.69, 9.17) is 0 Å². The van der Waals surface area contributed by atoms with Crippen molar-refractivity contribution in [1.82, 2.24) is 5.32 Å². The van der Waals surface area contributed by atoms with Gasteiger partial charge in [-0.05, 0) is 50.4 Å². The predicted octanol–water partition coefficient (Wildman–Crippen LogP) is 3.21. The van der Waals surface area contributed by atoms with Crippen LogP contribution < -0.4 is 5.32 Å². The monoisotopic (exact) mass is 245 g/mol. The number of Topliss-reactive ketones (excluding diaryl/α,β-unsaturated/α-hetero) is 1. The maximum Gasteiger partial charge on any atom is 0.169 e. The van der Waals surface area contributed by atoms with E-state index in [0.29, 0.717) is 5.78 Å². The molecule has 0 amide bonds. The number of carbonyl (C=O) groups excluding carboxylic acids is 1. The van der Waals surface area contributed by atoms with E-state index < -0.39 is 0 Å². The second-order valence-electron chi connectivity index (χ2n) is 5.27. The molecule has 1 aromatic rings. The van der Waals surface area contributed by atoms with Gasteiger partial charge in [-0.15, -0.1) is 0 Å². The Balaban J connectivity index is 2.27. The van der Waals surface area contributed by atoms with E-state index in [0.717, 1.165) is 44.3 Å². The maximum absolute atomic E-state index is 12.8. The molecule has 1 heterocycles. The fourth-order valence-electron chi connectivity index (χ4n) is 2.89. The van der Waals surface area contributed by atoms with Crippen molar-refractivity contribution in [3.05, 3.63) is 35.4 Å². The molecule has 1 aromatic carbocycles. The minimum atomic E-state index is -0.127. The van der Waals surface area contributed by atoms with E-state index in [2.05, 4.69) is 31.3 Å². The first-order valence-corrected chi connectivity index (χ1v) is 7.06. The zero-order valence-electron chi connectivity index (χ0n) is 11.5. The molecule has 0 bridgehead atoms. The highest BCUT2D eigenvalue weighted by molar-refractivity contribution is 6.00. The first kappa shape index (κ1) is 13.3. The van der Waals surface area contributed by atoms with E-state index in [9.17, 15) is 4.79 Å². The van der Waals surface area contributed by atoms with Gasteiger partial charge in [0.1, 0.15) is 0 Å². The molecule has 0 unspecified atom stereocenters. The van der Waals surface area contributed by atoms with Crippen molar-refractivity contribution in [3.63, 3.8) is 0 Å². The van der Waals surface area contributed by atoms with Gasteiger partial charge in [-0.1, -0.05) is 32.0 Å². The lowest BCUT2D eigenvalue weighted by molar-refractivity contribution is 0.0717. The van der Waals surface area contributed by atoms with E-state index in [1.165, 1.54) is 5.56 Å². The van der Waals surface area contributed by atoms with E-state index in [1.807, 2.05) is 12.1 Å². The Kier molecular flexibility index (Phi) is 4.18. The van der Waals surface area contributed by atoms with Crippen LogP contribution in [0.5, 0.6) is 0 Å². The van der Waals surface area contributed by atoms with Gasteiger partial charge in [-0.3, -0.25) is 4.79 Å². The third kappa shape index (κ3) is 2.49. The first-order valence-electron chi connectivity index (χ1n) is 7.06. The number of benzene rings is 1. The first-order chi connectivity index (χ1) is 8.72. The van der Waals surface area contributed by atoms with Crippen molar-refractivity contribution in [2.24, 2.45) is 5.41 Å². The van der Waals surface area contributed by atoms with E-state index in [-0.39, 0.29) is 5.41 Å². The fourth-order valence-corrected chi connectivity index (χ4v) is 2.89. The highest BCUT2D eigenvalue weighted by Crippen LogP contribution is 2.36. The minimum Gasteiger partial charge on any atom is -0.317 e. The number of carbonyl (C=O) groups is 1. The zero-order chi connectivity index (χ0) is 13.0.